The number of pyridine rings is 1. The number of alkyl carbamates (subject to hydrolysis) is 1. The summed E-state index contributed by atoms with van der Waals surface area (Å²) in [4.78, 5) is 62.0. The molecule has 0 spiro atoms. The van der Waals surface area contributed by atoms with E-state index in [4.69, 9.17) is 14.2 Å². The van der Waals surface area contributed by atoms with Crippen LogP contribution >= 0.6 is 0 Å². The van der Waals surface area contributed by atoms with Crippen molar-refractivity contribution in [2.45, 2.75) is 133 Å². The van der Waals surface area contributed by atoms with Crippen molar-refractivity contribution in [2.75, 3.05) is 13.7 Å². The van der Waals surface area contributed by atoms with Crippen molar-refractivity contribution >= 4 is 44.6 Å². The van der Waals surface area contributed by atoms with Crippen molar-refractivity contribution in [1.29, 1.82) is 0 Å². The van der Waals surface area contributed by atoms with Gasteiger partial charge >= 0.3 is 6.09 Å². The monoisotopic (exact) mass is 769 g/mol. The van der Waals surface area contributed by atoms with Crippen LogP contribution in [0.1, 0.15) is 98.8 Å². The summed E-state index contributed by atoms with van der Waals surface area (Å²) in [5.41, 5.74) is -3.13. The summed E-state index contributed by atoms with van der Waals surface area (Å²) in [7, 11) is -2.40. The van der Waals surface area contributed by atoms with E-state index in [1.807, 2.05) is 25.1 Å². The Morgan fingerprint density at radius 2 is 1.81 bits per heavy atom. The van der Waals surface area contributed by atoms with Crippen molar-refractivity contribution < 1.29 is 41.8 Å². The lowest BCUT2D eigenvalue weighted by atomic mass is 9.85. The summed E-state index contributed by atoms with van der Waals surface area (Å²) >= 11 is 0. The molecule has 4 amide bonds. The maximum absolute atomic E-state index is 14.7. The first-order valence-electron chi connectivity index (χ1n) is 18.8. The lowest BCUT2D eigenvalue weighted by Crippen LogP contribution is -2.64. The van der Waals surface area contributed by atoms with Crippen LogP contribution in [0.3, 0.4) is 0 Å². The van der Waals surface area contributed by atoms with Gasteiger partial charge in [0, 0.05) is 18.0 Å². The number of nitrogens with zero attached hydrogens (tertiary/aromatic N) is 2. The molecule has 2 heterocycles. The predicted molar refractivity (Wildman–Crippen MR) is 203 cm³/mol. The van der Waals surface area contributed by atoms with Gasteiger partial charge in [-0.2, -0.15) is 0 Å². The molecule has 3 aliphatic rings. The van der Waals surface area contributed by atoms with E-state index < -0.39 is 73.8 Å². The molecule has 1 aromatic carbocycles. The Bertz CT molecular complexity index is 1850. The van der Waals surface area contributed by atoms with Gasteiger partial charge in [-0.05, 0) is 93.4 Å². The van der Waals surface area contributed by atoms with Crippen molar-refractivity contribution in [3.8, 4) is 11.6 Å². The molecule has 0 bridgehead atoms. The molecule has 15 heteroatoms. The van der Waals surface area contributed by atoms with Crippen LogP contribution in [-0.2, 0) is 29.1 Å². The molecule has 2 aliphatic carbocycles. The number of methoxy groups -OCH3 is 1. The first kappa shape index (κ1) is 40.8. The topological polar surface area (TPSA) is 182 Å². The second kappa shape index (κ2) is 16.1. The Labute approximate surface area is 318 Å². The highest BCUT2D eigenvalue weighted by molar-refractivity contribution is 7.90. The van der Waals surface area contributed by atoms with E-state index in [1.165, 1.54) is 11.0 Å². The van der Waals surface area contributed by atoms with E-state index in [-0.39, 0.29) is 25.8 Å². The van der Waals surface area contributed by atoms with Gasteiger partial charge in [0.1, 0.15) is 35.1 Å². The maximum atomic E-state index is 14.7. The normalized spacial score (nSPS) is 21.6. The van der Waals surface area contributed by atoms with Crippen LogP contribution in [0.2, 0.25) is 0 Å². The number of fused-ring (bicyclic) bond motifs is 1. The largest absolute Gasteiger partial charge is 0.497 e. The molecule has 0 unspecified atom stereocenters. The van der Waals surface area contributed by atoms with E-state index in [9.17, 15) is 27.6 Å². The van der Waals surface area contributed by atoms with Gasteiger partial charge in [-0.3, -0.25) is 19.1 Å². The third-order valence-corrected chi connectivity index (χ3v) is 12.9. The third-order valence-electron chi connectivity index (χ3n) is 11.1. The van der Waals surface area contributed by atoms with Gasteiger partial charge in [-0.25, -0.2) is 18.2 Å². The van der Waals surface area contributed by atoms with Crippen molar-refractivity contribution in [3.05, 3.63) is 43.1 Å². The van der Waals surface area contributed by atoms with Crippen LogP contribution in [0.5, 0.6) is 11.6 Å². The summed E-state index contributed by atoms with van der Waals surface area (Å²) in [6, 6.07) is 4.98. The number of ether oxygens (including phenoxy) is 3. The van der Waals surface area contributed by atoms with Crippen LogP contribution in [0.4, 0.5) is 4.79 Å². The molecule has 4 atom stereocenters. The first-order chi connectivity index (χ1) is 25.4. The molecule has 5 rings (SSSR count). The number of likely N-dealkylation sites (tertiary alicyclic amines) is 1. The van der Waals surface area contributed by atoms with Gasteiger partial charge in [0.15, 0.2) is 0 Å². The first-order valence-corrected chi connectivity index (χ1v) is 20.4. The fourth-order valence-electron chi connectivity index (χ4n) is 7.44. The number of sulfonamides is 1. The molecule has 3 N–H and O–H groups in total. The maximum Gasteiger partial charge on any atom is 0.408 e. The minimum atomic E-state index is -3.97. The minimum Gasteiger partial charge on any atom is -0.497 e. The van der Waals surface area contributed by atoms with Gasteiger partial charge in [-0.15, -0.1) is 6.58 Å². The summed E-state index contributed by atoms with van der Waals surface area (Å²) in [5, 5.41) is 6.45. The second-order valence-corrected chi connectivity index (χ2v) is 18.1. The second-order valence-electron chi connectivity index (χ2n) is 16.1. The Kier molecular flexibility index (Phi) is 12.2. The highest BCUT2D eigenvalue weighted by atomic mass is 32.2. The number of hydrogen-bond donors (Lipinski definition) is 3. The molecule has 0 radical (unpaired) electrons. The van der Waals surface area contributed by atoms with Gasteiger partial charge in [0.25, 0.3) is 5.91 Å². The molecule has 1 saturated heterocycles. The third kappa shape index (κ3) is 8.93. The van der Waals surface area contributed by atoms with Crippen LogP contribution in [0.25, 0.3) is 10.8 Å². The summed E-state index contributed by atoms with van der Waals surface area (Å²) in [6.07, 6.45) is 6.54. The molecular formula is C39H55N5O9S. The lowest BCUT2D eigenvalue weighted by molar-refractivity contribution is -0.143. The number of carbonyl (C=O) groups is 4. The molecule has 2 aromatic rings. The number of amides is 4. The predicted octanol–water partition coefficient (Wildman–Crippen LogP) is 4.90. The number of nitrogens with one attached hydrogen (secondary N) is 3. The highest BCUT2D eigenvalue weighted by Gasteiger charge is 2.49. The fourth-order valence-corrected chi connectivity index (χ4v) is 9.02. The summed E-state index contributed by atoms with van der Waals surface area (Å²) in [6.45, 7) is 12.7. The van der Waals surface area contributed by atoms with E-state index in [1.54, 1.807) is 47.1 Å². The van der Waals surface area contributed by atoms with E-state index in [0.717, 1.165) is 37.5 Å². The zero-order valence-corrected chi connectivity index (χ0v) is 33.1. The number of aromatic nitrogens is 1. The Balaban J connectivity index is 1.45. The zero-order valence-electron chi connectivity index (χ0n) is 32.2. The van der Waals surface area contributed by atoms with Crippen LogP contribution in [0, 0.1) is 5.41 Å². The average Bonchev–Trinajstić information content (AvgIpc) is 3.71. The van der Waals surface area contributed by atoms with Crippen LogP contribution in [-0.4, -0.2) is 90.3 Å². The molecule has 3 fully saturated rings. The Hall–Kier alpha value is -4.40. The minimum absolute atomic E-state index is 0.0149. The Morgan fingerprint density at radius 3 is 2.41 bits per heavy atom. The molecule has 14 nitrogen and oxygen atoms in total. The Morgan fingerprint density at radius 1 is 1.11 bits per heavy atom. The summed E-state index contributed by atoms with van der Waals surface area (Å²) in [5.74, 6) is -1.15. The van der Waals surface area contributed by atoms with E-state index in [2.05, 4.69) is 26.9 Å². The molecule has 54 heavy (non-hydrogen) atoms. The van der Waals surface area contributed by atoms with Crippen molar-refractivity contribution in [2.24, 2.45) is 5.41 Å². The quantitative estimate of drug-likeness (QED) is 0.224. The standard InChI is InChI=1S/C39H55N5O9S/c1-8-18-39(9-2,35(47)43-54(49,50)28-13-12-14-28)42-32(45)30-23-27(52-33-29-16-15-26(51-7)22-25(29)17-21-40-33)24-44(30)34(46)31(37(3,4)5)41-36(48)53-38(6)19-10-11-20-38/h8,15-17,21-22,27-28,30-31H,1,9-14,18-20,23-24H2,2-7H3,(H,41,48)(H,42,45)(H,43,47)/t27-,30+,31-,39-/m1/s1. The van der Waals surface area contributed by atoms with Crippen LogP contribution < -0.4 is 24.8 Å². The van der Waals surface area contributed by atoms with Gasteiger partial charge in [0.05, 0.1) is 18.9 Å². The number of benzene rings is 1. The van der Waals surface area contributed by atoms with Crippen LogP contribution in [0.15, 0.2) is 43.1 Å². The number of rotatable bonds is 14. The number of carbonyl (C=O) groups excluding carboxylic acids is 4. The average molecular weight is 770 g/mol. The van der Waals surface area contributed by atoms with Crippen molar-refractivity contribution in [1.82, 2.24) is 25.2 Å². The zero-order chi connectivity index (χ0) is 39.5. The molecule has 296 valence electrons. The van der Waals surface area contributed by atoms with E-state index >= 15 is 0 Å². The van der Waals surface area contributed by atoms with Gasteiger partial charge in [-0.1, -0.05) is 40.2 Å². The molecule has 1 aromatic heterocycles. The van der Waals surface area contributed by atoms with E-state index in [0.29, 0.717) is 29.9 Å². The smallest absolute Gasteiger partial charge is 0.408 e. The lowest BCUT2D eigenvalue weighted by Gasteiger charge is -2.37. The highest BCUT2D eigenvalue weighted by Crippen LogP contribution is 2.35. The number of hydrogen-bond acceptors (Lipinski definition) is 10. The molecular weight excluding hydrogens is 715 g/mol. The molecule has 1 aliphatic heterocycles. The summed E-state index contributed by atoms with van der Waals surface area (Å²) < 4.78 is 45.8. The fraction of sp³-hybridized carbons (Fsp3) is 0.615. The van der Waals surface area contributed by atoms with Gasteiger partial charge in [0.2, 0.25) is 27.7 Å². The van der Waals surface area contributed by atoms with Gasteiger partial charge < -0.3 is 29.7 Å². The van der Waals surface area contributed by atoms with Crippen molar-refractivity contribution in [3.63, 3.8) is 0 Å². The SMILES string of the molecule is C=CC[C@@](CC)(NC(=O)[C@@H]1C[C@@H](Oc2nccc3cc(OC)ccc23)CN1C(=O)[C@@H](NC(=O)OC1(C)CCCC1)C(C)(C)C)C(=O)NS(=O)(=O)C1CCC1. The molecule has 2 saturated carbocycles.